The zero-order valence-corrected chi connectivity index (χ0v) is 40.9. The molecule has 0 aliphatic heterocycles. The second-order valence-corrected chi connectivity index (χ2v) is 17.8. The van der Waals surface area contributed by atoms with E-state index in [-0.39, 0.29) is 29.4 Å². The third kappa shape index (κ3) is 11.1. The van der Waals surface area contributed by atoms with Crippen LogP contribution in [0.4, 0.5) is 34.1 Å². The highest BCUT2D eigenvalue weighted by molar-refractivity contribution is 6.12. The van der Waals surface area contributed by atoms with Crippen molar-refractivity contribution in [3.8, 4) is 23.6 Å². The molecule has 9 aromatic rings. The Morgan fingerprint density at radius 1 is 0.554 bits per heavy atom. The predicted molar refractivity (Wildman–Crippen MR) is 294 cm³/mol. The van der Waals surface area contributed by atoms with Crippen LogP contribution in [-0.4, -0.2) is 16.1 Å². The number of aryl methyl sites for hydroxylation is 4. The SMILES string of the molecule is Cc1ccc(NOCc2cc3ccccc3c(N=Nc3ccc(C(C#N)=Cc4ccc(C=C(C#N)c5ccc(N=Nc6c(O)c(C(=O)Nc7ccc(C)cc7C)cc7ccccc67)cc5)cc4)cc3)c2O)c(C)c1. The molecule has 0 radical (unpaired) electrons. The van der Waals surface area contributed by atoms with Gasteiger partial charge in [-0.3, -0.25) is 15.1 Å². The quantitative estimate of drug-likeness (QED) is 0.0361. The molecule has 0 aromatic heterocycles. The van der Waals surface area contributed by atoms with Crippen molar-refractivity contribution in [2.24, 2.45) is 20.5 Å². The maximum atomic E-state index is 13.5. The molecule has 0 aliphatic rings. The minimum Gasteiger partial charge on any atom is -0.505 e. The summed E-state index contributed by atoms with van der Waals surface area (Å²) in [6, 6.07) is 56.4. The van der Waals surface area contributed by atoms with Crippen molar-refractivity contribution >= 4 is 84.9 Å². The minimum absolute atomic E-state index is 0.0324. The lowest BCUT2D eigenvalue weighted by atomic mass is 10.0. The van der Waals surface area contributed by atoms with E-state index in [1.165, 1.54) is 0 Å². The Balaban J connectivity index is 0.864. The third-order valence-electron chi connectivity index (χ3n) is 12.4. The molecule has 12 nitrogen and oxygen atoms in total. The van der Waals surface area contributed by atoms with Crippen molar-refractivity contribution in [2.45, 2.75) is 34.3 Å². The Morgan fingerprint density at radius 3 is 1.53 bits per heavy atom. The van der Waals surface area contributed by atoms with Crippen LogP contribution in [0.1, 0.15) is 60.4 Å². The van der Waals surface area contributed by atoms with Crippen LogP contribution in [0, 0.1) is 50.4 Å². The van der Waals surface area contributed by atoms with Gasteiger partial charge in [-0.1, -0.05) is 132 Å². The molecule has 0 spiro atoms. The van der Waals surface area contributed by atoms with E-state index in [4.69, 9.17) is 4.84 Å². The van der Waals surface area contributed by atoms with E-state index >= 15 is 0 Å². The van der Waals surface area contributed by atoms with Crippen LogP contribution in [0.2, 0.25) is 0 Å². The van der Waals surface area contributed by atoms with Gasteiger partial charge in [0, 0.05) is 22.0 Å². The number of phenolic OH excluding ortho intramolecular Hbond substituents is 2. The zero-order valence-electron chi connectivity index (χ0n) is 40.9. The number of rotatable bonds is 14. The van der Waals surface area contributed by atoms with E-state index < -0.39 is 5.91 Å². The summed E-state index contributed by atoms with van der Waals surface area (Å²) in [4.78, 5) is 19.3. The summed E-state index contributed by atoms with van der Waals surface area (Å²) in [6.45, 7) is 8.00. The molecule has 9 aromatic carbocycles. The topological polar surface area (TPSA) is 188 Å². The number of nitrogens with zero attached hydrogens (tertiary/aromatic N) is 6. The summed E-state index contributed by atoms with van der Waals surface area (Å²) in [5, 5.41) is 66.7. The van der Waals surface area contributed by atoms with Crippen LogP contribution in [0.3, 0.4) is 0 Å². The fourth-order valence-electron chi connectivity index (χ4n) is 8.45. The minimum atomic E-state index is -0.473. The zero-order chi connectivity index (χ0) is 51.7. The third-order valence-corrected chi connectivity index (χ3v) is 12.4. The summed E-state index contributed by atoms with van der Waals surface area (Å²) in [5.74, 6) is -0.797. The highest BCUT2D eigenvalue weighted by atomic mass is 16.6. The number of azo groups is 2. The van der Waals surface area contributed by atoms with Crippen molar-refractivity contribution in [3.05, 3.63) is 225 Å². The van der Waals surface area contributed by atoms with Gasteiger partial charge >= 0.3 is 0 Å². The van der Waals surface area contributed by atoms with Gasteiger partial charge in [0.05, 0.1) is 45.9 Å². The second-order valence-electron chi connectivity index (χ2n) is 17.8. The molecule has 0 heterocycles. The lowest BCUT2D eigenvalue weighted by Gasteiger charge is -2.13. The molecule has 0 atom stereocenters. The Kier molecular flexibility index (Phi) is 14.5. The van der Waals surface area contributed by atoms with E-state index in [1.54, 1.807) is 66.7 Å². The number of phenols is 2. The van der Waals surface area contributed by atoms with Gasteiger partial charge in [-0.25, -0.2) is 0 Å². The first kappa shape index (κ1) is 49.0. The van der Waals surface area contributed by atoms with Crippen molar-refractivity contribution in [2.75, 3.05) is 10.8 Å². The fraction of sp³-hybridized carbons (Fsp3) is 0.0806. The Morgan fingerprint density at radius 2 is 1.03 bits per heavy atom. The number of benzene rings is 9. The average Bonchev–Trinajstić information content (AvgIpc) is 3.41. The second kappa shape index (κ2) is 22.0. The van der Waals surface area contributed by atoms with E-state index in [0.717, 1.165) is 49.8 Å². The van der Waals surface area contributed by atoms with Crippen molar-refractivity contribution in [1.82, 2.24) is 0 Å². The Hall–Kier alpha value is -10.0. The lowest BCUT2D eigenvalue weighted by Crippen LogP contribution is -2.13. The van der Waals surface area contributed by atoms with Crippen LogP contribution in [0.15, 0.2) is 190 Å². The Labute approximate surface area is 428 Å². The number of allylic oxidation sites excluding steroid dienone is 2. The highest BCUT2D eigenvalue weighted by Gasteiger charge is 2.20. The summed E-state index contributed by atoms with van der Waals surface area (Å²) in [6.07, 6.45) is 3.56. The number of nitriles is 2. The molecule has 9 rings (SSSR count). The molecule has 74 heavy (non-hydrogen) atoms. The number of hydrogen-bond donors (Lipinski definition) is 4. The molecule has 0 saturated carbocycles. The van der Waals surface area contributed by atoms with Crippen LogP contribution >= 0.6 is 0 Å². The number of nitrogens with one attached hydrogen (secondary N) is 2. The first-order valence-electron chi connectivity index (χ1n) is 23.6. The van der Waals surface area contributed by atoms with Crippen LogP contribution in [0.25, 0.3) is 44.8 Å². The first-order valence-corrected chi connectivity index (χ1v) is 23.6. The van der Waals surface area contributed by atoms with Crippen LogP contribution in [0.5, 0.6) is 11.5 Å². The fourth-order valence-corrected chi connectivity index (χ4v) is 8.45. The number of carbonyl (C=O) groups is 1. The number of amides is 1. The van der Waals surface area contributed by atoms with Crippen molar-refractivity contribution in [3.63, 3.8) is 0 Å². The summed E-state index contributed by atoms with van der Waals surface area (Å²) < 4.78 is 0. The number of anilines is 2. The molecule has 0 aliphatic carbocycles. The molecule has 360 valence electrons. The number of hydrogen-bond acceptors (Lipinski definition) is 11. The highest BCUT2D eigenvalue weighted by Crippen LogP contribution is 2.41. The van der Waals surface area contributed by atoms with Gasteiger partial charge in [-0.15, -0.1) is 10.2 Å². The van der Waals surface area contributed by atoms with E-state index in [9.17, 15) is 25.5 Å². The smallest absolute Gasteiger partial charge is 0.259 e. The molecule has 0 unspecified atom stereocenters. The van der Waals surface area contributed by atoms with Crippen molar-refractivity contribution < 1.29 is 19.8 Å². The normalized spacial score (nSPS) is 11.8. The van der Waals surface area contributed by atoms with Gasteiger partial charge in [0.1, 0.15) is 23.7 Å². The number of aromatic hydroxyl groups is 2. The van der Waals surface area contributed by atoms with Gasteiger partial charge in [-0.05, 0) is 133 Å². The molecule has 0 bridgehead atoms. The van der Waals surface area contributed by atoms with Gasteiger partial charge in [0.25, 0.3) is 5.91 Å². The average molecular weight is 969 g/mol. The largest absolute Gasteiger partial charge is 0.505 e. The van der Waals surface area contributed by atoms with Gasteiger partial charge < -0.3 is 15.5 Å². The van der Waals surface area contributed by atoms with Crippen LogP contribution < -0.4 is 10.8 Å². The van der Waals surface area contributed by atoms with E-state index in [1.807, 2.05) is 137 Å². The van der Waals surface area contributed by atoms with Gasteiger partial charge in [0.15, 0.2) is 5.75 Å². The first-order chi connectivity index (χ1) is 35.9. The molecule has 0 fully saturated rings. The van der Waals surface area contributed by atoms with E-state index in [0.29, 0.717) is 61.4 Å². The number of carbonyl (C=O) groups excluding carboxylic acids is 1. The number of fused-ring (bicyclic) bond motifs is 2. The maximum Gasteiger partial charge on any atom is 0.259 e. The van der Waals surface area contributed by atoms with Crippen LogP contribution in [-0.2, 0) is 11.4 Å². The molecular formula is C62H48N8O4. The Bertz CT molecular complexity index is 3830. The maximum absolute atomic E-state index is 13.5. The molecule has 12 heteroatoms. The van der Waals surface area contributed by atoms with Crippen molar-refractivity contribution in [1.29, 1.82) is 10.5 Å². The molecule has 0 saturated heterocycles. The summed E-state index contributed by atoms with van der Waals surface area (Å²) in [7, 11) is 0. The molecule has 4 N–H and O–H groups in total. The molecule has 1 amide bonds. The monoisotopic (exact) mass is 968 g/mol. The molecular weight excluding hydrogens is 921 g/mol. The van der Waals surface area contributed by atoms with Gasteiger partial charge in [-0.2, -0.15) is 20.8 Å². The van der Waals surface area contributed by atoms with Gasteiger partial charge in [0.2, 0.25) is 0 Å². The predicted octanol–water partition coefficient (Wildman–Crippen LogP) is 16.4. The standard InChI is InChI=1S/C62H48N8O4/c1-38-13-27-56(40(3)29-38)65-62(73)55-34-47-10-6-8-12-54(47)59(61(55)72)69-67-52-25-21-45(22-26-52)49(36-64)32-43-17-15-42(16-18-43)31-48(35-63)44-19-23-51(24-20-44)66-68-58-53-11-7-5-9-46(53)33-50(60(58)71)37-74-70-57-28-14-39(2)30-41(57)4/h5-34,70-72H,37H2,1-4H3,(H,65,73). The summed E-state index contributed by atoms with van der Waals surface area (Å²) in [5.41, 5.74) is 14.5. The summed E-state index contributed by atoms with van der Waals surface area (Å²) >= 11 is 0. The van der Waals surface area contributed by atoms with E-state index in [2.05, 4.69) is 49.5 Å². The lowest BCUT2D eigenvalue weighted by molar-refractivity contribution is 0.102.